The van der Waals surface area contributed by atoms with Gasteiger partial charge in [0.15, 0.2) is 6.10 Å². The van der Waals surface area contributed by atoms with Gasteiger partial charge in [0.25, 0.3) is 0 Å². The molecule has 1 unspecified atom stereocenters. The summed E-state index contributed by atoms with van der Waals surface area (Å²) in [7, 11) is -0.382. The maximum absolute atomic E-state index is 11.4. The van der Waals surface area contributed by atoms with E-state index >= 15 is 0 Å². The molecule has 0 aromatic heterocycles. The third-order valence-corrected chi connectivity index (χ3v) is 2.19. The van der Waals surface area contributed by atoms with Gasteiger partial charge in [-0.05, 0) is 11.9 Å². The molecule has 0 spiro atoms. The number of rotatable bonds is 2. The second-order valence-corrected chi connectivity index (χ2v) is 3.20. The van der Waals surface area contributed by atoms with Crippen molar-refractivity contribution in [2.45, 2.75) is 19.3 Å². The van der Waals surface area contributed by atoms with Crippen molar-refractivity contribution in [2.75, 3.05) is 0 Å². The standard InChI is InChI=1S/C10H11BO3/c1-2-11-13-9(10(12)14-11)8-6-4-3-5-7-8/h3-7,9H,2H2,1H3. The molecule has 1 aliphatic heterocycles. The van der Waals surface area contributed by atoms with Gasteiger partial charge in [-0.25, -0.2) is 0 Å². The average Bonchev–Trinajstić information content (AvgIpc) is 2.61. The molecule has 1 aromatic carbocycles. The van der Waals surface area contributed by atoms with Crippen molar-refractivity contribution in [3.05, 3.63) is 35.9 Å². The van der Waals surface area contributed by atoms with E-state index in [1.807, 2.05) is 37.3 Å². The minimum absolute atomic E-state index is 0.289. The molecule has 1 fully saturated rings. The van der Waals surface area contributed by atoms with Gasteiger partial charge in [-0.2, -0.15) is 0 Å². The third kappa shape index (κ3) is 1.66. The summed E-state index contributed by atoms with van der Waals surface area (Å²) in [6.45, 7) is 1.92. The molecule has 0 radical (unpaired) electrons. The number of hydrogen-bond donors (Lipinski definition) is 0. The van der Waals surface area contributed by atoms with Gasteiger partial charge in [-0.3, -0.25) is 4.79 Å². The topological polar surface area (TPSA) is 35.5 Å². The summed E-state index contributed by atoms with van der Waals surface area (Å²) in [5, 5.41) is 0. The van der Waals surface area contributed by atoms with Crippen molar-refractivity contribution in [3.8, 4) is 0 Å². The van der Waals surface area contributed by atoms with Gasteiger partial charge in [0, 0.05) is 0 Å². The Bertz CT molecular complexity index is 325. The minimum atomic E-state index is -0.541. The minimum Gasteiger partial charge on any atom is -0.507 e. The lowest BCUT2D eigenvalue weighted by atomic mass is 9.87. The molecule has 4 heteroatoms. The summed E-state index contributed by atoms with van der Waals surface area (Å²) in [5.74, 6) is -0.289. The Labute approximate surface area is 83.2 Å². The summed E-state index contributed by atoms with van der Waals surface area (Å²) >= 11 is 0. The zero-order chi connectivity index (χ0) is 9.97. The first-order chi connectivity index (χ1) is 6.81. The molecular weight excluding hydrogens is 179 g/mol. The fraction of sp³-hybridized carbons (Fsp3) is 0.300. The van der Waals surface area contributed by atoms with Crippen molar-refractivity contribution in [2.24, 2.45) is 0 Å². The lowest BCUT2D eigenvalue weighted by molar-refractivity contribution is -0.136. The van der Waals surface area contributed by atoms with E-state index in [2.05, 4.69) is 0 Å². The quantitative estimate of drug-likeness (QED) is 0.667. The van der Waals surface area contributed by atoms with Crippen LogP contribution < -0.4 is 0 Å². The van der Waals surface area contributed by atoms with Crippen LogP contribution in [0.3, 0.4) is 0 Å². The van der Waals surface area contributed by atoms with Crippen LogP contribution in [0.1, 0.15) is 18.6 Å². The Morgan fingerprint density at radius 1 is 1.36 bits per heavy atom. The first kappa shape index (κ1) is 9.28. The van der Waals surface area contributed by atoms with Crippen LogP contribution in [0.25, 0.3) is 0 Å². The van der Waals surface area contributed by atoms with Gasteiger partial charge in [-0.1, -0.05) is 37.3 Å². The Hall–Kier alpha value is -1.29. The molecular formula is C10H11BO3. The Kier molecular flexibility index (Phi) is 2.54. The third-order valence-electron chi connectivity index (χ3n) is 2.19. The largest absolute Gasteiger partial charge is 0.527 e. The van der Waals surface area contributed by atoms with Crippen LogP contribution in [-0.2, 0) is 14.1 Å². The summed E-state index contributed by atoms with van der Waals surface area (Å²) in [6, 6.07) is 9.39. The molecule has 1 aliphatic rings. The molecule has 2 rings (SSSR count). The summed E-state index contributed by atoms with van der Waals surface area (Å²) in [4.78, 5) is 11.4. The molecule has 0 saturated carbocycles. The van der Waals surface area contributed by atoms with E-state index in [0.717, 1.165) is 5.56 Å². The van der Waals surface area contributed by atoms with Crippen molar-refractivity contribution in [3.63, 3.8) is 0 Å². The van der Waals surface area contributed by atoms with Gasteiger partial charge >= 0.3 is 13.1 Å². The average molecular weight is 190 g/mol. The maximum atomic E-state index is 11.4. The number of carbonyl (C=O) groups excluding carboxylic acids is 1. The van der Waals surface area contributed by atoms with Crippen LogP contribution in [0.4, 0.5) is 0 Å². The first-order valence-electron chi connectivity index (χ1n) is 4.72. The second-order valence-electron chi connectivity index (χ2n) is 3.20. The number of carbonyl (C=O) groups is 1. The Morgan fingerprint density at radius 3 is 2.64 bits per heavy atom. The molecule has 0 amide bonds. The monoisotopic (exact) mass is 190 g/mol. The van der Waals surface area contributed by atoms with Crippen LogP contribution >= 0.6 is 0 Å². The van der Waals surface area contributed by atoms with E-state index in [0.29, 0.717) is 6.32 Å². The van der Waals surface area contributed by atoms with Crippen LogP contribution in [0.2, 0.25) is 6.32 Å². The molecule has 1 aromatic rings. The van der Waals surface area contributed by atoms with Crippen molar-refractivity contribution in [1.29, 1.82) is 0 Å². The summed E-state index contributed by atoms with van der Waals surface area (Å²) in [5.41, 5.74) is 0.855. The van der Waals surface area contributed by atoms with E-state index in [1.165, 1.54) is 0 Å². The molecule has 1 atom stereocenters. The Balaban J connectivity index is 2.17. The lowest BCUT2D eigenvalue weighted by Crippen LogP contribution is -2.11. The van der Waals surface area contributed by atoms with E-state index in [4.69, 9.17) is 9.31 Å². The summed E-state index contributed by atoms with van der Waals surface area (Å²) < 4.78 is 10.5. The predicted molar refractivity (Wildman–Crippen MR) is 52.6 cm³/mol. The van der Waals surface area contributed by atoms with Crippen LogP contribution in [-0.4, -0.2) is 13.1 Å². The molecule has 14 heavy (non-hydrogen) atoms. The van der Waals surface area contributed by atoms with E-state index in [9.17, 15) is 4.79 Å². The van der Waals surface area contributed by atoms with Gasteiger partial charge < -0.3 is 9.31 Å². The van der Waals surface area contributed by atoms with Crippen LogP contribution in [0.15, 0.2) is 30.3 Å². The molecule has 1 saturated heterocycles. The number of hydrogen-bond acceptors (Lipinski definition) is 3. The molecule has 0 bridgehead atoms. The van der Waals surface area contributed by atoms with E-state index in [1.54, 1.807) is 0 Å². The first-order valence-corrected chi connectivity index (χ1v) is 4.72. The van der Waals surface area contributed by atoms with Gasteiger partial charge in [-0.15, -0.1) is 0 Å². The Morgan fingerprint density at radius 2 is 2.07 bits per heavy atom. The maximum Gasteiger partial charge on any atom is 0.527 e. The van der Waals surface area contributed by atoms with Crippen molar-refractivity contribution in [1.82, 2.24) is 0 Å². The van der Waals surface area contributed by atoms with Gasteiger partial charge in [0.05, 0.1) is 0 Å². The van der Waals surface area contributed by atoms with Gasteiger partial charge in [0.2, 0.25) is 0 Å². The SMILES string of the molecule is CCB1OC(=O)C(c2ccccc2)O1. The highest BCUT2D eigenvalue weighted by molar-refractivity contribution is 6.48. The molecule has 1 heterocycles. The zero-order valence-electron chi connectivity index (χ0n) is 7.97. The highest BCUT2D eigenvalue weighted by Gasteiger charge is 2.39. The highest BCUT2D eigenvalue weighted by Crippen LogP contribution is 2.26. The fourth-order valence-electron chi connectivity index (χ4n) is 1.45. The fourth-order valence-corrected chi connectivity index (χ4v) is 1.45. The molecule has 0 aliphatic carbocycles. The smallest absolute Gasteiger partial charge is 0.507 e. The normalized spacial score (nSPS) is 21.1. The lowest BCUT2D eigenvalue weighted by Gasteiger charge is -2.05. The molecule has 0 N–H and O–H groups in total. The highest BCUT2D eigenvalue weighted by atomic mass is 16.7. The summed E-state index contributed by atoms with van der Waals surface area (Å²) in [6.07, 6.45) is 0.149. The van der Waals surface area contributed by atoms with Crippen LogP contribution in [0, 0.1) is 0 Å². The second kappa shape index (κ2) is 3.84. The van der Waals surface area contributed by atoms with Gasteiger partial charge in [0.1, 0.15) is 0 Å². The number of benzene rings is 1. The molecule has 72 valence electrons. The van der Waals surface area contributed by atoms with E-state index in [-0.39, 0.29) is 13.1 Å². The van der Waals surface area contributed by atoms with Crippen molar-refractivity contribution < 1.29 is 14.1 Å². The van der Waals surface area contributed by atoms with E-state index < -0.39 is 6.10 Å². The predicted octanol–water partition coefficient (Wildman–Crippen LogP) is 1.81. The molecule has 3 nitrogen and oxygen atoms in total. The van der Waals surface area contributed by atoms with Crippen molar-refractivity contribution >= 4 is 13.1 Å². The zero-order valence-corrected chi connectivity index (χ0v) is 7.97. The van der Waals surface area contributed by atoms with Crippen LogP contribution in [0.5, 0.6) is 0 Å².